The van der Waals surface area contributed by atoms with Crippen molar-refractivity contribution in [2.45, 2.75) is 19.8 Å². The molecule has 1 N–H and O–H groups in total. The molecule has 88 valence electrons. The maximum atomic E-state index is 10.9. The zero-order chi connectivity index (χ0) is 11.1. The minimum Gasteiger partial charge on any atom is -0.395 e. The van der Waals surface area contributed by atoms with E-state index in [1.807, 2.05) is 0 Å². The summed E-state index contributed by atoms with van der Waals surface area (Å²) in [5, 5.41) is 8.85. The summed E-state index contributed by atoms with van der Waals surface area (Å²) in [5.74, 6) is 0.270. The highest BCUT2D eigenvalue weighted by Crippen LogP contribution is 2.03. The van der Waals surface area contributed by atoms with Crippen molar-refractivity contribution in [3.05, 3.63) is 0 Å². The minimum atomic E-state index is 0.243. The molecule has 0 bridgehead atoms. The first kappa shape index (κ1) is 12.6. The number of carbonyl (C=O) groups excluding carboxylic acids is 1. The van der Waals surface area contributed by atoms with E-state index in [0.29, 0.717) is 6.42 Å². The van der Waals surface area contributed by atoms with Crippen LogP contribution in [0.25, 0.3) is 0 Å². The van der Waals surface area contributed by atoms with Crippen LogP contribution in [0.15, 0.2) is 0 Å². The van der Waals surface area contributed by atoms with Crippen molar-refractivity contribution in [2.24, 2.45) is 0 Å². The molecule has 1 fully saturated rings. The third kappa shape index (κ3) is 5.25. The minimum absolute atomic E-state index is 0.243. The number of hydrogen-bond donors (Lipinski definition) is 1. The summed E-state index contributed by atoms with van der Waals surface area (Å²) in [6, 6.07) is 0. The highest BCUT2D eigenvalue weighted by atomic mass is 16.3. The fourth-order valence-electron chi connectivity index (χ4n) is 1.93. The Morgan fingerprint density at radius 2 is 1.73 bits per heavy atom. The molecule has 1 aliphatic rings. The standard InChI is InChI=1S/C11H22N2O2/c1-11(15)3-6-12-4-2-5-13(8-7-12)9-10-14/h14H,2-10H2,1H3. The Labute approximate surface area is 91.9 Å². The molecule has 0 radical (unpaired) electrons. The lowest BCUT2D eigenvalue weighted by atomic mass is 10.3. The highest BCUT2D eigenvalue weighted by Gasteiger charge is 2.14. The molecule has 15 heavy (non-hydrogen) atoms. The van der Waals surface area contributed by atoms with Gasteiger partial charge in [-0.15, -0.1) is 0 Å². The van der Waals surface area contributed by atoms with Gasteiger partial charge in [-0.2, -0.15) is 0 Å². The Morgan fingerprint density at radius 1 is 1.13 bits per heavy atom. The zero-order valence-corrected chi connectivity index (χ0v) is 9.61. The summed E-state index contributed by atoms with van der Waals surface area (Å²) >= 11 is 0. The van der Waals surface area contributed by atoms with E-state index < -0.39 is 0 Å². The van der Waals surface area contributed by atoms with Gasteiger partial charge in [0.25, 0.3) is 0 Å². The van der Waals surface area contributed by atoms with Crippen LogP contribution in [0.2, 0.25) is 0 Å². The van der Waals surface area contributed by atoms with Crippen LogP contribution in [-0.2, 0) is 4.79 Å². The smallest absolute Gasteiger partial charge is 0.131 e. The monoisotopic (exact) mass is 214 g/mol. The lowest BCUT2D eigenvalue weighted by molar-refractivity contribution is -0.117. The maximum Gasteiger partial charge on any atom is 0.131 e. The molecule has 1 saturated heterocycles. The van der Waals surface area contributed by atoms with E-state index in [0.717, 1.165) is 45.7 Å². The Kier molecular flexibility index (Phi) is 5.83. The van der Waals surface area contributed by atoms with Gasteiger partial charge < -0.3 is 10.0 Å². The summed E-state index contributed by atoms with van der Waals surface area (Å²) in [5.41, 5.74) is 0. The maximum absolute atomic E-state index is 10.9. The number of nitrogens with zero attached hydrogens (tertiary/aromatic N) is 2. The summed E-state index contributed by atoms with van der Waals surface area (Å²) in [4.78, 5) is 15.5. The largest absolute Gasteiger partial charge is 0.395 e. The first-order chi connectivity index (χ1) is 7.22. The molecule has 0 atom stereocenters. The summed E-state index contributed by atoms with van der Waals surface area (Å²) in [6.07, 6.45) is 1.80. The average Bonchev–Trinajstić information content (AvgIpc) is 2.41. The number of β-amino-alcohol motifs (C(OH)–C–C–N with tert-alkyl or cyclic N) is 1. The number of aliphatic hydroxyl groups excluding tert-OH is 1. The SMILES string of the molecule is CC(=O)CCN1CCCN(CCO)CC1. The van der Waals surface area contributed by atoms with Gasteiger partial charge in [0.05, 0.1) is 6.61 Å². The summed E-state index contributed by atoms with van der Waals surface area (Å²) < 4.78 is 0. The Morgan fingerprint density at radius 3 is 2.27 bits per heavy atom. The lowest BCUT2D eigenvalue weighted by Crippen LogP contribution is -2.33. The molecule has 0 saturated carbocycles. The van der Waals surface area contributed by atoms with Crippen molar-refractivity contribution in [3.8, 4) is 0 Å². The van der Waals surface area contributed by atoms with Crippen LogP contribution < -0.4 is 0 Å². The van der Waals surface area contributed by atoms with Crippen LogP contribution in [0.3, 0.4) is 0 Å². The van der Waals surface area contributed by atoms with Crippen molar-refractivity contribution >= 4 is 5.78 Å². The molecule has 1 aliphatic heterocycles. The van der Waals surface area contributed by atoms with E-state index in [-0.39, 0.29) is 12.4 Å². The third-order valence-electron chi connectivity index (χ3n) is 2.88. The van der Waals surface area contributed by atoms with Gasteiger partial charge in [-0.1, -0.05) is 0 Å². The van der Waals surface area contributed by atoms with Crippen molar-refractivity contribution in [1.29, 1.82) is 0 Å². The number of carbonyl (C=O) groups is 1. The molecular weight excluding hydrogens is 192 g/mol. The molecule has 1 heterocycles. The number of hydrogen-bond acceptors (Lipinski definition) is 4. The molecule has 0 aromatic heterocycles. The van der Waals surface area contributed by atoms with Crippen molar-refractivity contribution in [3.63, 3.8) is 0 Å². The molecule has 0 amide bonds. The van der Waals surface area contributed by atoms with Crippen LogP contribution in [0.1, 0.15) is 19.8 Å². The molecule has 1 rings (SSSR count). The lowest BCUT2D eigenvalue weighted by Gasteiger charge is -2.20. The normalized spacial score (nSPS) is 20.1. The van der Waals surface area contributed by atoms with Crippen LogP contribution in [-0.4, -0.2) is 66.6 Å². The number of ketones is 1. The predicted molar refractivity (Wildman–Crippen MR) is 59.9 cm³/mol. The molecular formula is C11H22N2O2. The molecule has 0 aliphatic carbocycles. The predicted octanol–water partition coefficient (Wildman–Crippen LogP) is -0.0345. The topological polar surface area (TPSA) is 43.8 Å². The second-order valence-corrected chi connectivity index (χ2v) is 4.21. The first-order valence-electron chi connectivity index (χ1n) is 5.77. The van der Waals surface area contributed by atoms with Crippen molar-refractivity contribution < 1.29 is 9.90 Å². The third-order valence-corrected chi connectivity index (χ3v) is 2.88. The highest BCUT2D eigenvalue weighted by molar-refractivity contribution is 5.75. The van der Waals surface area contributed by atoms with Gasteiger partial charge in [-0.3, -0.25) is 9.69 Å². The number of Topliss-reactive ketones (excluding diaryl/α,β-unsaturated/α-hetero) is 1. The quantitative estimate of drug-likeness (QED) is 0.698. The second-order valence-electron chi connectivity index (χ2n) is 4.21. The molecule has 0 aromatic rings. The zero-order valence-electron chi connectivity index (χ0n) is 9.61. The van der Waals surface area contributed by atoms with Crippen LogP contribution in [0.4, 0.5) is 0 Å². The fraction of sp³-hybridized carbons (Fsp3) is 0.909. The van der Waals surface area contributed by atoms with E-state index in [1.165, 1.54) is 0 Å². The van der Waals surface area contributed by atoms with Crippen molar-refractivity contribution in [2.75, 3.05) is 45.9 Å². The average molecular weight is 214 g/mol. The second kappa shape index (κ2) is 6.93. The van der Waals surface area contributed by atoms with E-state index in [9.17, 15) is 4.79 Å². The van der Waals surface area contributed by atoms with Crippen LogP contribution >= 0.6 is 0 Å². The van der Waals surface area contributed by atoms with Gasteiger partial charge in [-0.05, 0) is 26.4 Å². The van der Waals surface area contributed by atoms with Gasteiger partial charge in [0.15, 0.2) is 0 Å². The van der Waals surface area contributed by atoms with E-state index in [2.05, 4.69) is 9.80 Å². The van der Waals surface area contributed by atoms with Gasteiger partial charge >= 0.3 is 0 Å². The Balaban J connectivity index is 2.23. The number of aliphatic hydroxyl groups is 1. The van der Waals surface area contributed by atoms with Gasteiger partial charge in [0.1, 0.15) is 5.78 Å². The molecule has 4 nitrogen and oxygen atoms in total. The molecule has 4 heteroatoms. The Bertz CT molecular complexity index is 197. The first-order valence-corrected chi connectivity index (χ1v) is 5.77. The van der Waals surface area contributed by atoms with Gasteiger partial charge in [0, 0.05) is 32.6 Å². The molecule has 0 spiro atoms. The van der Waals surface area contributed by atoms with Gasteiger partial charge in [-0.25, -0.2) is 0 Å². The summed E-state index contributed by atoms with van der Waals surface area (Å²) in [7, 11) is 0. The van der Waals surface area contributed by atoms with Crippen LogP contribution in [0.5, 0.6) is 0 Å². The van der Waals surface area contributed by atoms with E-state index >= 15 is 0 Å². The van der Waals surface area contributed by atoms with E-state index in [1.54, 1.807) is 6.92 Å². The van der Waals surface area contributed by atoms with Crippen molar-refractivity contribution in [1.82, 2.24) is 9.80 Å². The van der Waals surface area contributed by atoms with Crippen LogP contribution in [0, 0.1) is 0 Å². The van der Waals surface area contributed by atoms with E-state index in [4.69, 9.17) is 5.11 Å². The molecule has 0 aromatic carbocycles. The van der Waals surface area contributed by atoms with Gasteiger partial charge in [0.2, 0.25) is 0 Å². The number of rotatable bonds is 5. The molecule has 0 unspecified atom stereocenters. The summed E-state index contributed by atoms with van der Waals surface area (Å²) in [6.45, 7) is 7.74. The fourth-order valence-corrected chi connectivity index (χ4v) is 1.93. The Hall–Kier alpha value is -0.450.